The molecule has 2 unspecified atom stereocenters. The molecule has 1 aliphatic carbocycles. The van der Waals surface area contributed by atoms with Crippen LogP contribution in [0.3, 0.4) is 0 Å². The van der Waals surface area contributed by atoms with Crippen LogP contribution in [0.1, 0.15) is 31.2 Å². The molecule has 0 saturated heterocycles. The molecule has 7 heteroatoms. The molecular formula is C13H16N4O3. The Bertz CT molecular complexity index is 541. The number of ether oxygens (including phenoxy) is 1. The Morgan fingerprint density at radius 2 is 2.30 bits per heavy atom. The number of nitrogens with two attached hydrogens (primary N) is 1. The number of nitriles is 1. The van der Waals surface area contributed by atoms with E-state index in [1.807, 2.05) is 6.07 Å². The summed E-state index contributed by atoms with van der Waals surface area (Å²) in [5, 5.41) is 19.8. The molecule has 1 heterocycles. The smallest absolute Gasteiger partial charge is 0.332 e. The van der Waals surface area contributed by atoms with Crippen molar-refractivity contribution in [3.05, 3.63) is 27.9 Å². The maximum atomic E-state index is 11.0. The van der Waals surface area contributed by atoms with Gasteiger partial charge in [0, 0.05) is 18.2 Å². The second kappa shape index (κ2) is 6.30. The number of hydrogen-bond donors (Lipinski definition) is 1. The lowest BCUT2D eigenvalue weighted by Crippen LogP contribution is -2.35. The van der Waals surface area contributed by atoms with Crippen LogP contribution in [0.2, 0.25) is 0 Å². The molecule has 7 nitrogen and oxygen atoms in total. The number of nitrogens with zero attached hydrogens (tertiary/aromatic N) is 3. The molecule has 1 aromatic rings. The summed E-state index contributed by atoms with van der Waals surface area (Å²) in [6.45, 7) is 0.495. The van der Waals surface area contributed by atoms with Gasteiger partial charge in [0.15, 0.2) is 0 Å². The van der Waals surface area contributed by atoms with Crippen LogP contribution < -0.4 is 10.5 Å². The van der Waals surface area contributed by atoms with Gasteiger partial charge in [0.05, 0.1) is 10.5 Å². The standard InChI is InChI=1S/C13H16N4O3/c14-6-9-5-11(17(18)19)13(16-8-9)20-12-4-2-1-3-10(12)7-15/h5,8,10,12H,1-4,7,15H2. The van der Waals surface area contributed by atoms with Crippen molar-refractivity contribution >= 4 is 5.69 Å². The Balaban J connectivity index is 2.24. The molecule has 2 atom stereocenters. The van der Waals surface area contributed by atoms with E-state index in [0.29, 0.717) is 6.54 Å². The van der Waals surface area contributed by atoms with E-state index >= 15 is 0 Å². The summed E-state index contributed by atoms with van der Waals surface area (Å²) in [5.41, 5.74) is 5.58. The zero-order valence-corrected chi connectivity index (χ0v) is 11.0. The van der Waals surface area contributed by atoms with Gasteiger partial charge in [0.2, 0.25) is 0 Å². The van der Waals surface area contributed by atoms with Gasteiger partial charge in [-0.25, -0.2) is 4.98 Å². The van der Waals surface area contributed by atoms with Crippen molar-refractivity contribution in [1.82, 2.24) is 4.98 Å². The maximum Gasteiger partial charge on any atom is 0.332 e. The van der Waals surface area contributed by atoms with Gasteiger partial charge in [-0.3, -0.25) is 10.1 Å². The molecule has 0 spiro atoms. The van der Waals surface area contributed by atoms with Gasteiger partial charge in [-0.05, 0) is 25.8 Å². The van der Waals surface area contributed by atoms with Gasteiger partial charge in [-0.15, -0.1) is 0 Å². The molecule has 0 aliphatic heterocycles. The van der Waals surface area contributed by atoms with Crippen LogP contribution in [0, 0.1) is 27.4 Å². The van der Waals surface area contributed by atoms with Gasteiger partial charge < -0.3 is 10.5 Å². The van der Waals surface area contributed by atoms with Crippen LogP contribution in [0.4, 0.5) is 5.69 Å². The van der Waals surface area contributed by atoms with Crippen molar-refractivity contribution < 1.29 is 9.66 Å². The normalized spacial score (nSPS) is 22.0. The lowest BCUT2D eigenvalue weighted by atomic mass is 9.86. The van der Waals surface area contributed by atoms with E-state index in [9.17, 15) is 10.1 Å². The molecule has 0 aromatic carbocycles. The lowest BCUT2D eigenvalue weighted by molar-refractivity contribution is -0.386. The minimum atomic E-state index is -0.580. The Labute approximate surface area is 116 Å². The van der Waals surface area contributed by atoms with Gasteiger partial charge in [-0.1, -0.05) is 6.42 Å². The van der Waals surface area contributed by atoms with E-state index in [2.05, 4.69) is 4.98 Å². The Kier molecular flexibility index (Phi) is 4.48. The van der Waals surface area contributed by atoms with E-state index in [1.54, 1.807) is 0 Å². The summed E-state index contributed by atoms with van der Waals surface area (Å²) in [7, 11) is 0. The molecule has 1 saturated carbocycles. The van der Waals surface area contributed by atoms with Crippen LogP contribution in [0.25, 0.3) is 0 Å². The molecule has 2 N–H and O–H groups in total. The Morgan fingerprint density at radius 1 is 1.55 bits per heavy atom. The molecule has 0 bridgehead atoms. The van der Waals surface area contributed by atoms with Gasteiger partial charge in [0.25, 0.3) is 5.88 Å². The first-order valence-electron chi connectivity index (χ1n) is 6.57. The van der Waals surface area contributed by atoms with Crippen LogP contribution >= 0.6 is 0 Å². The summed E-state index contributed by atoms with van der Waals surface area (Å²) in [5.74, 6) is 0.167. The SMILES string of the molecule is N#Cc1cnc(OC2CCCCC2CN)c([N+](=O)[O-])c1. The summed E-state index contributed by atoms with van der Waals surface area (Å²) < 4.78 is 5.71. The van der Waals surface area contributed by atoms with E-state index in [0.717, 1.165) is 25.7 Å². The van der Waals surface area contributed by atoms with Crippen molar-refractivity contribution in [2.24, 2.45) is 11.7 Å². The predicted molar refractivity (Wildman–Crippen MR) is 71.0 cm³/mol. The van der Waals surface area contributed by atoms with Crippen LogP contribution in [0.5, 0.6) is 5.88 Å². The number of hydrogen-bond acceptors (Lipinski definition) is 6. The average Bonchev–Trinajstić information content (AvgIpc) is 2.48. The van der Waals surface area contributed by atoms with Crippen molar-refractivity contribution in [3.8, 4) is 11.9 Å². The minimum Gasteiger partial charge on any atom is -0.469 e. The molecule has 1 aliphatic rings. The van der Waals surface area contributed by atoms with Crippen LogP contribution in [-0.2, 0) is 0 Å². The van der Waals surface area contributed by atoms with E-state index in [4.69, 9.17) is 15.7 Å². The molecule has 0 radical (unpaired) electrons. The summed E-state index contributed by atoms with van der Waals surface area (Å²) in [6.07, 6.45) is 5.04. The van der Waals surface area contributed by atoms with Crippen molar-refractivity contribution in [1.29, 1.82) is 5.26 Å². The van der Waals surface area contributed by atoms with E-state index in [-0.39, 0.29) is 29.2 Å². The largest absolute Gasteiger partial charge is 0.469 e. The lowest BCUT2D eigenvalue weighted by Gasteiger charge is -2.30. The molecule has 1 aromatic heterocycles. The van der Waals surface area contributed by atoms with Crippen LogP contribution in [0.15, 0.2) is 12.3 Å². The van der Waals surface area contributed by atoms with E-state index < -0.39 is 4.92 Å². The first-order valence-corrected chi connectivity index (χ1v) is 6.57. The van der Waals surface area contributed by atoms with Gasteiger partial charge in [0.1, 0.15) is 12.2 Å². The summed E-state index contributed by atoms with van der Waals surface area (Å²) >= 11 is 0. The Hall–Kier alpha value is -2.20. The fourth-order valence-electron chi connectivity index (χ4n) is 2.47. The minimum absolute atomic E-state index is 0.0284. The highest BCUT2D eigenvalue weighted by atomic mass is 16.6. The fraction of sp³-hybridized carbons (Fsp3) is 0.538. The Morgan fingerprint density at radius 3 is 2.95 bits per heavy atom. The highest BCUT2D eigenvalue weighted by Crippen LogP contribution is 2.31. The molecule has 20 heavy (non-hydrogen) atoms. The summed E-state index contributed by atoms with van der Waals surface area (Å²) in [6, 6.07) is 3.01. The second-order valence-corrected chi connectivity index (χ2v) is 4.85. The highest BCUT2D eigenvalue weighted by molar-refractivity contribution is 5.46. The van der Waals surface area contributed by atoms with Gasteiger partial charge in [-0.2, -0.15) is 5.26 Å². The predicted octanol–water partition coefficient (Wildman–Crippen LogP) is 1.76. The second-order valence-electron chi connectivity index (χ2n) is 4.85. The topological polar surface area (TPSA) is 115 Å². The third-order valence-corrected chi connectivity index (χ3v) is 3.56. The summed E-state index contributed by atoms with van der Waals surface area (Å²) in [4.78, 5) is 14.4. The van der Waals surface area contributed by atoms with Crippen molar-refractivity contribution in [2.75, 3.05) is 6.54 Å². The van der Waals surface area contributed by atoms with Crippen LogP contribution in [-0.4, -0.2) is 22.6 Å². The zero-order chi connectivity index (χ0) is 14.5. The number of pyridine rings is 1. The number of rotatable bonds is 4. The first kappa shape index (κ1) is 14.2. The van der Waals surface area contributed by atoms with E-state index in [1.165, 1.54) is 12.3 Å². The van der Waals surface area contributed by atoms with Crippen molar-refractivity contribution in [2.45, 2.75) is 31.8 Å². The fourth-order valence-corrected chi connectivity index (χ4v) is 2.47. The third kappa shape index (κ3) is 3.03. The monoisotopic (exact) mass is 276 g/mol. The number of nitro groups is 1. The number of aromatic nitrogens is 1. The third-order valence-electron chi connectivity index (χ3n) is 3.56. The van der Waals surface area contributed by atoms with Gasteiger partial charge >= 0.3 is 5.69 Å². The molecule has 106 valence electrons. The molecular weight excluding hydrogens is 260 g/mol. The average molecular weight is 276 g/mol. The molecule has 2 rings (SSSR count). The zero-order valence-electron chi connectivity index (χ0n) is 11.0. The molecule has 0 amide bonds. The maximum absolute atomic E-state index is 11.0. The highest BCUT2D eigenvalue weighted by Gasteiger charge is 2.29. The first-order chi connectivity index (χ1) is 9.65. The quantitative estimate of drug-likeness (QED) is 0.661. The molecule has 1 fully saturated rings. The van der Waals surface area contributed by atoms with Crippen molar-refractivity contribution in [3.63, 3.8) is 0 Å².